The Labute approximate surface area is 192 Å². The first-order valence-corrected chi connectivity index (χ1v) is 10.7. The summed E-state index contributed by atoms with van der Waals surface area (Å²) in [5.74, 6) is 0. The topological polar surface area (TPSA) is 120 Å². The normalized spacial score (nSPS) is 11.6. The van der Waals surface area contributed by atoms with Gasteiger partial charge in [-0.15, -0.1) is 0 Å². The summed E-state index contributed by atoms with van der Waals surface area (Å²) in [5, 5.41) is 15.3. The summed E-state index contributed by atoms with van der Waals surface area (Å²) in [6.45, 7) is 6.14. The second-order valence-electron chi connectivity index (χ2n) is 7.38. The van der Waals surface area contributed by atoms with E-state index in [2.05, 4.69) is 10.1 Å². The highest BCUT2D eigenvalue weighted by Gasteiger charge is 2.21. The van der Waals surface area contributed by atoms with Crippen LogP contribution in [0.25, 0.3) is 16.7 Å². The van der Waals surface area contributed by atoms with Crippen LogP contribution in [0.4, 0.5) is 11.4 Å². The van der Waals surface area contributed by atoms with Crippen molar-refractivity contribution in [2.45, 2.75) is 33.9 Å². The lowest BCUT2D eigenvalue weighted by Crippen LogP contribution is -2.23. The Morgan fingerprint density at radius 1 is 1.09 bits per heavy atom. The Morgan fingerprint density at radius 3 is 2.27 bits per heavy atom. The smallest absolute Gasteiger partial charge is 0.295 e. The number of aryl methyl sites for hydroxylation is 3. The van der Waals surface area contributed by atoms with E-state index in [0.717, 1.165) is 0 Å². The van der Waals surface area contributed by atoms with E-state index in [1.807, 2.05) is 6.92 Å². The fourth-order valence-corrected chi connectivity index (χ4v) is 3.94. The van der Waals surface area contributed by atoms with Gasteiger partial charge in [-0.1, -0.05) is 11.6 Å². The van der Waals surface area contributed by atoms with E-state index < -0.39 is 4.92 Å². The van der Waals surface area contributed by atoms with Crippen LogP contribution >= 0.6 is 11.6 Å². The van der Waals surface area contributed by atoms with Crippen molar-refractivity contribution in [1.82, 2.24) is 18.9 Å². The number of fused-ring (bicyclic) bond motifs is 1. The average molecular weight is 469 g/mol. The lowest BCUT2D eigenvalue weighted by Gasteiger charge is -2.02. The van der Waals surface area contributed by atoms with E-state index in [0.29, 0.717) is 40.5 Å². The van der Waals surface area contributed by atoms with E-state index >= 15 is 0 Å². The quantitative estimate of drug-likeness (QED) is 0.261. The highest BCUT2D eigenvalue weighted by atomic mass is 35.5. The largest absolute Gasteiger partial charge is 0.329 e. The Bertz CT molecular complexity index is 1520. The van der Waals surface area contributed by atoms with Crippen LogP contribution in [0.5, 0.6) is 0 Å². The number of benzene rings is 2. The molecule has 4 rings (SSSR count). The highest BCUT2D eigenvalue weighted by molar-refractivity contribution is 6.30. The number of H-pyrrole nitrogens is 1. The molecule has 0 spiro atoms. The second-order valence-corrected chi connectivity index (χ2v) is 7.82. The summed E-state index contributed by atoms with van der Waals surface area (Å²) in [7, 11) is 0. The maximum absolute atomic E-state index is 12.9. The molecule has 170 valence electrons. The van der Waals surface area contributed by atoms with E-state index in [-0.39, 0.29) is 28.2 Å². The lowest BCUT2D eigenvalue weighted by atomic mass is 10.2. The SMILES string of the molecule is CCn1c(=O)n(CC)c2cc([N+](=O)[O-])c(N=Cc3c(C)[nH]n(-c4ccc(Cl)cc4)c3=O)cc21. The molecule has 0 aliphatic rings. The van der Waals surface area contributed by atoms with E-state index in [1.54, 1.807) is 38.1 Å². The minimum Gasteiger partial charge on any atom is -0.295 e. The second kappa shape index (κ2) is 8.55. The van der Waals surface area contributed by atoms with Crippen molar-refractivity contribution in [3.8, 4) is 5.69 Å². The molecule has 2 heterocycles. The summed E-state index contributed by atoms with van der Waals surface area (Å²) >= 11 is 5.92. The maximum atomic E-state index is 12.9. The molecule has 0 atom stereocenters. The summed E-state index contributed by atoms with van der Waals surface area (Å²) in [4.78, 5) is 41.1. The van der Waals surface area contributed by atoms with Gasteiger partial charge in [0.2, 0.25) is 0 Å². The molecule has 0 bridgehead atoms. The molecule has 0 unspecified atom stereocenters. The first-order chi connectivity index (χ1) is 15.8. The van der Waals surface area contributed by atoms with Crippen LogP contribution < -0.4 is 11.2 Å². The third-order valence-corrected chi connectivity index (χ3v) is 5.73. The molecule has 11 heteroatoms. The van der Waals surface area contributed by atoms with Crippen LogP contribution in [0.2, 0.25) is 5.02 Å². The Kier molecular flexibility index (Phi) is 5.77. The minimum atomic E-state index is -0.546. The third kappa shape index (κ3) is 3.78. The molecule has 0 aliphatic carbocycles. The molecule has 2 aromatic carbocycles. The molecular formula is C22H21ClN6O4. The molecule has 0 saturated carbocycles. The van der Waals surface area contributed by atoms with Crippen LogP contribution in [0, 0.1) is 17.0 Å². The first-order valence-electron chi connectivity index (χ1n) is 10.3. The van der Waals surface area contributed by atoms with Gasteiger partial charge in [0.25, 0.3) is 11.2 Å². The predicted molar refractivity (Wildman–Crippen MR) is 128 cm³/mol. The van der Waals surface area contributed by atoms with Gasteiger partial charge in [-0.3, -0.25) is 29.1 Å². The number of nitro benzene ring substituents is 1. The van der Waals surface area contributed by atoms with Gasteiger partial charge in [0.05, 0.1) is 27.2 Å². The number of nitrogens with zero attached hydrogens (tertiary/aromatic N) is 5. The zero-order valence-corrected chi connectivity index (χ0v) is 19.0. The monoisotopic (exact) mass is 468 g/mol. The number of imidazole rings is 1. The number of aromatic nitrogens is 4. The summed E-state index contributed by atoms with van der Waals surface area (Å²) in [6.07, 6.45) is 1.31. The molecule has 0 fully saturated rings. The molecule has 0 amide bonds. The maximum Gasteiger partial charge on any atom is 0.329 e. The summed E-state index contributed by atoms with van der Waals surface area (Å²) < 4.78 is 4.37. The molecule has 0 radical (unpaired) electrons. The van der Waals surface area contributed by atoms with E-state index in [4.69, 9.17) is 11.6 Å². The van der Waals surface area contributed by atoms with Crippen LogP contribution in [-0.4, -0.2) is 30.1 Å². The number of nitro groups is 1. The van der Waals surface area contributed by atoms with E-state index in [9.17, 15) is 19.7 Å². The molecule has 0 aliphatic heterocycles. The number of halogens is 1. The van der Waals surface area contributed by atoms with Crippen LogP contribution in [0.15, 0.2) is 51.0 Å². The number of hydrogen-bond donors (Lipinski definition) is 1. The van der Waals surface area contributed by atoms with Gasteiger partial charge < -0.3 is 0 Å². The van der Waals surface area contributed by atoms with Gasteiger partial charge in [-0.05, 0) is 51.1 Å². The van der Waals surface area contributed by atoms with Gasteiger partial charge in [0.15, 0.2) is 0 Å². The van der Waals surface area contributed by atoms with Gasteiger partial charge in [-0.2, -0.15) is 0 Å². The predicted octanol–water partition coefficient (Wildman–Crippen LogP) is 3.94. The van der Waals surface area contributed by atoms with Gasteiger partial charge >= 0.3 is 5.69 Å². The molecule has 33 heavy (non-hydrogen) atoms. The first kappa shape index (κ1) is 22.3. The van der Waals surface area contributed by atoms with Crippen LogP contribution in [0.1, 0.15) is 25.1 Å². The molecule has 10 nitrogen and oxygen atoms in total. The molecule has 4 aromatic rings. The fraction of sp³-hybridized carbons (Fsp3) is 0.227. The lowest BCUT2D eigenvalue weighted by molar-refractivity contribution is -0.383. The zero-order chi connectivity index (χ0) is 23.9. The average Bonchev–Trinajstić information content (AvgIpc) is 3.22. The Balaban J connectivity index is 1.85. The van der Waals surface area contributed by atoms with Crippen molar-refractivity contribution in [3.05, 3.63) is 83.6 Å². The number of nitrogens with one attached hydrogen (secondary N) is 1. The molecule has 1 N–H and O–H groups in total. The zero-order valence-electron chi connectivity index (χ0n) is 18.2. The van der Waals surface area contributed by atoms with E-state index in [1.165, 1.54) is 32.2 Å². The summed E-state index contributed by atoms with van der Waals surface area (Å²) in [6, 6.07) is 9.60. The van der Waals surface area contributed by atoms with Crippen LogP contribution in [0.3, 0.4) is 0 Å². The van der Waals surface area contributed by atoms with Crippen LogP contribution in [-0.2, 0) is 13.1 Å². The Hall–Kier alpha value is -3.92. The van der Waals surface area contributed by atoms with Crippen molar-refractivity contribution in [3.63, 3.8) is 0 Å². The van der Waals surface area contributed by atoms with Crippen molar-refractivity contribution in [1.29, 1.82) is 0 Å². The summed E-state index contributed by atoms with van der Waals surface area (Å²) in [5.41, 5.74) is 1.63. The minimum absolute atomic E-state index is 0.0565. The number of aliphatic imine (C=N–C) groups is 1. The van der Waals surface area contributed by atoms with Gasteiger partial charge in [0, 0.05) is 36.1 Å². The van der Waals surface area contributed by atoms with Gasteiger partial charge in [-0.25, -0.2) is 14.5 Å². The molecular weight excluding hydrogens is 448 g/mol. The highest BCUT2D eigenvalue weighted by Crippen LogP contribution is 2.32. The Morgan fingerprint density at radius 2 is 1.70 bits per heavy atom. The number of aromatic amines is 1. The third-order valence-electron chi connectivity index (χ3n) is 5.48. The van der Waals surface area contributed by atoms with Crippen molar-refractivity contribution in [2.75, 3.05) is 0 Å². The number of hydrogen-bond acceptors (Lipinski definition) is 5. The van der Waals surface area contributed by atoms with Crippen molar-refractivity contribution >= 4 is 40.2 Å². The fourth-order valence-electron chi connectivity index (χ4n) is 3.82. The van der Waals surface area contributed by atoms with Crippen molar-refractivity contribution < 1.29 is 4.92 Å². The molecule has 2 aromatic heterocycles. The standard InChI is InChI=1S/C22H21ClN6O4/c1-4-26-19-10-17(18(29(32)33)11-20(19)27(5-2)22(26)31)24-12-16-13(3)25-28(21(16)30)15-8-6-14(23)7-9-15/h6-12,25H,4-5H2,1-3H3. The van der Waals surface area contributed by atoms with Gasteiger partial charge in [0.1, 0.15) is 5.69 Å². The number of rotatable bonds is 6. The van der Waals surface area contributed by atoms with Crippen molar-refractivity contribution in [2.24, 2.45) is 4.99 Å². The molecule has 0 saturated heterocycles.